The Morgan fingerprint density at radius 3 is 1.39 bits per heavy atom. The van der Waals surface area contributed by atoms with Crippen molar-refractivity contribution in [2.24, 2.45) is 0 Å². The Hall–Kier alpha value is -3.32. The van der Waals surface area contributed by atoms with Crippen LogP contribution < -0.4 is 4.90 Å². The first kappa shape index (κ1) is 22.9. The standard InChI is InChI=1S/C32H35N/c1-31(2,3)25-19-17-24(18-20-25)29-22-21-26(32(4,5)6)23-30(29)33(27-13-9-7-10-14-27)28-15-11-8-12-16-28/h7-23H,1-6H3. The topological polar surface area (TPSA) is 3.24 Å². The van der Waals surface area contributed by atoms with Crippen molar-refractivity contribution in [1.82, 2.24) is 0 Å². The lowest BCUT2D eigenvalue weighted by Crippen LogP contribution is -2.15. The second kappa shape index (κ2) is 8.90. The number of anilines is 3. The number of hydrogen-bond donors (Lipinski definition) is 0. The Morgan fingerprint density at radius 1 is 0.485 bits per heavy atom. The predicted molar refractivity (Wildman–Crippen MR) is 144 cm³/mol. The van der Waals surface area contributed by atoms with E-state index in [4.69, 9.17) is 0 Å². The fourth-order valence-electron chi connectivity index (χ4n) is 4.16. The van der Waals surface area contributed by atoms with Crippen molar-refractivity contribution in [3.8, 4) is 11.1 Å². The van der Waals surface area contributed by atoms with Crippen LogP contribution in [0.25, 0.3) is 11.1 Å². The summed E-state index contributed by atoms with van der Waals surface area (Å²) in [5.74, 6) is 0. The van der Waals surface area contributed by atoms with E-state index in [2.05, 4.69) is 150 Å². The molecule has 0 heterocycles. The molecule has 0 aliphatic carbocycles. The maximum atomic E-state index is 2.38. The summed E-state index contributed by atoms with van der Waals surface area (Å²) in [5, 5.41) is 0. The normalized spacial score (nSPS) is 11.9. The Bertz CT molecular complexity index is 1150. The van der Waals surface area contributed by atoms with Gasteiger partial charge in [0.1, 0.15) is 0 Å². The van der Waals surface area contributed by atoms with Gasteiger partial charge in [0.15, 0.2) is 0 Å². The molecule has 0 radical (unpaired) electrons. The van der Waals surface area contributed by atoms with Crippen molar-refractivity contribution in [3.05, 3.63) is 114 Å². The Balaban J connectivity index is 1.96. The zero-order chi connectivity index (χ0) is 23.6. The number of rotatable bonds is 4. The predicted octanol–water partition coefficient (Wildman–Crippen LogP) is 9.42. The van der Waals surface area contributed by atoms with Crippen LogP contribution in [0.1, 0.15) is 52.7 Å². The van der Waals surface area contributed by atoms with Crippen LogP contribution in [0.2, 0.25) is 0 Å². The van der Waals surface area contributed by atoms with Gasteiger partial charge in [0.2, 0.25) is 0 Å². The molecule has 33 heavy (non-hydrogen) atoms. The summed E-state index contributed by atoms with van der Waals surface area (Å²) in [4.78, 5) is 2.38. The van der Waals surface area contributed by atoms with E-state index in [1.165, 1.54) is 27.9 Å². The molecule has 0 fully saturated rings. The molecule has 1 heteroatoms. The molecule has 0 amide bonds. The molecule has 4 rings (SSSR count). The molecule has 0 saturated heterocycles. The van der Waals surface area contributed by atoms with Gasteiger partial charge in [0.05, 0.1) is 5.69 Å². The van der Waals surface area contributed by atoms with Crippen molar-refractivity contribution in [2.45, 2.75) is 52.4 Å². The molecule has 0 bridgehead atoms. The molecule has 0 unspecified atom stereocenters. The quantitative estimate of drug-likeness (QED) is 0.310. The minimum atomic E-state index is 0.0580. The van der Waals surface area contributed by atoms with E-state index in [-0.39, 0.29) is 10.8 Å². The third-order valence-electron chi connectivity index (χ3n) is 6.20. The van der Waals surface area contributed by atoms with Gasteiger partial charge in [-0.2, -0.15) is 0 Å². The highest BCUT2D eigenvalue weighted by Crippen LogP contribution is 2.43. The highest BCUT2D eigenvalue weighted by atomic mass is 15.1. The number of para-hydroxylation sites is 2. The van der Waals surface area contributed by atoms with Gasteiger partial charge >= 0.3 is 0 Å². The van der Waals surface area contributed by atoms with Crippen molar-refractivity contribution in [1.29, 1.82) is 0 Å². The molecule has 0 aliphatic rings. The summed E-state index contributed by atoms with van der Waals surface area (Å²) in [6.07, 6.45) is 0. The lowest BCUT2D eigenvalue weighted by molar-refractivity contribution is 0.590. The maximum Gasteiger partial charge on any atom is 0.0542 e. The van der Waals surface area contributed by atoms with Crippen molar-refractivity contribution >= 4 is 17.1 Å². The van der Waals surface area contributed by atoms with E-state index in [0.29, 0.717) is 0 Å². The summed E-state index contributed by atoms with van der Waals surface area (Å²) in [5.41, 5.74) is 8.84. The van der Waals surface area contributed by atoms with Crippen LogP contribution in [0.3, 0.4) is 0 Å². The highest BCUT2D eigenvalue weighted by molar-refractivity contribution is 5.88. The Morgan fingerprint density at radius 2 is 0.939 bits per heavy atom. The molecular formula is C32H35N. The van der Waals surface area contributed by atoms with Gasteiger partial charge in [-0.25, -0.2) is 0 Å². The van der Waals surface area contributed by atoms with Crippen LogP contribution in [0.15, 0.2) is 103 Å². The van der Waals surface area contributed by atoms with Crippen molar-refractivity contribution in [3.63, 3.8) is 0 Å². The largest absolute Gasteiger partial charge is 0.310 e. The molecule has 0 aromatic heterocycles. The molecule has 4 aromatic rings. The summed E-state index contributed by atoms with van der Waals surface area (Å²) in [6, 6.07) is 37.3. The van der Waals surface area contributed by atoms with Crippen LogP contribution in [-0.2, 0) is 10.8 Å². The molecule has 0 atom stereocenters. The lowest BCUT2D eigenvalue weighted by Gasteiger charge is -2.30. The molecule has 168 valence electrons. The SMILES string of the molecule is CC(C)(C)c1ccc(-c2ccc(C(C)(C)C)cc2N(c2ccccc2)c2ccccc2)cc1. The second-order valence-corrected chi connectivity index (χ2v) is 10.8. The summed E-state index contributed by atoms with van der Waals surface area (Å²) < 4.78 is 0. The molecule has 0 N–H and O–H groups in total. The summed E-state index contributed by atoms with van der Waals surface area (Å²) in [6.45, 7) is 13.6. The lowest BCUT2D eigenvalue weighted by atomic mass is 9.84. The molecular weight excluding hydrogens is 398 g/mol. The van der Waals surface area contributed by atoms with E-state index in [1.54, 1.807) is 0 Å². The zero-order valence-corrected chi connectivity index (χ0v) is 20.8. The molecule has 0 spiro atoms. The fraction of sp³-hybridized carbons (Fsp3) is 0.250. The summed E-state index contributed by atoms with van der Waals surface area (Å²) in [7, 11) is 0. The van der Waals surface area contributed by atoms with Gasteiger partial charge in [-0.3, -0.25) is 0 Å². The molecule has 0 saturated carbocycles. The molecule has 4 aromatic carbocycles. The van der Waals surface area contributed by atoms with E-state index < -0.39 is 0 Å². The highest BCUT2D eigenvalue weighted by Gasteiger charge is 2.22. The number of nitrogens with zero attached hydrogens (tertiary/aromatic N) is 1. The first-order valence-corrected chi connectivity index (χ1v) is 11.8. The van der Waals surface area contributed by atoms with Gasteiger partial charge in [0, 0.05) is 16.9 Å². The van der Waals surface area contributed by atoms with Crippen LogP contribution >= 0.6 is 0 Å². The van der Waals surface area contributed by atoms with Gasteiger partial charge in [-0.05, 0) is 57.9 Å². The second-order valence-electron chi connectivity index (χ2n) is 10.8. The first-order valence-electron chi connectivity index (χ1n) is 11.8. The fourth-order valence-corrected chi connectivity index (χ4v) is 4.16. The van der Waals surface area contributed by atoms with Gasteiger partial charge in [-0.1, -0.05) is 114 Å². The summed E-state index contributed by atoms with van der Waals surface area (Å²) >= 11 is 0. The molecule has 0 aliphatic heterocycles. The third-order valence-corrected chi connectivity index (χ3v) is 6.20. The van der Waals surface area contributed by atoms with Crippen LogP contribution in [-0.4, -0.2) is 0 Å². The van der Waals surface area contributed by atoms with Crippen LogP contribution in [0.4, 0.5) is 17.1 Å². The minimum absolute atomic E-state index is 0.0580. The third kappa shape index (κ3) is 5.03. The van der Waals surface area contributed by atoms with E-state index in [9.17, 15) is 0 Å². The average Bonchev–Trinajstić information content (AvgIpc) is 2.80. The van der Waals surface area contributed by atoms with Crippen molar-refractivity contribution in [2.75, 3.05) is 4.90 Å². The van der Waals surface area contributed by atoms with Crippen molar-refractivity contribution < 1.29 is 0 Å². The first-order chi connectivity index (χ1) is 15.6. The van der Waals surface area contributed by atoms with E-state index >= 15 is 0 Å². The Labute approximate surface area is 199 Å². The van der Waals surface area contributed by atoms with Crippen LogP contribution in [0, 0.1) is 0 Å². The number of hydrogen-bond acceptors (Lipinski definition) is 1. The molecule has 1 nitrogen and oxygen atoms in total. The van der Waals surface area contributed by atoms with E-state index in [0.717, 1.165) is 11.4 Å². The minimum Gasteiger partial charge on any atom is -0.310 e. The van der Waals surface area contributed by atoms with E-state index in [1.807, 2.05) is 0 Å². The smallest absolute Gasteiger partial charge is 0.0542 e. The zero-order valence-electron chi connectivity index (χ0n) is 20.8. The average molecular weight is 434 g/mol. The van der Waals surface area contributed by atoms with Gasteiger partial charge in [0.25, 0.3) is 0 Å². The monoisotopic (exact) mass is 433 g/mol. The van der Waals surface area contributed by atoms with Gasteiger partial charge in [-0.15, -0.1) is 0 Å². The Kier molecular flexibility index (Phi) is 6.17. The number of benzene rings is 4. The van der Waals surface area contributed by atoms with Gasteiger partial charge < -0.3 is 4.90 Å². The maximum absolute atomic E-state index is 2.38. The van der Waals surface area contributed by atoms with Crippen LogP contribution in [0.5, 0.6) is 0 Å².